The van der Waals surface area contributed by atoms with Crippen molar-refractivity contribution in [1.82, 2.24) is 5.32 Å². The molecule has 0 bridgehead atoms. The topological polar surface area (TPSA) is 12.0 Å². The van der Waals surface area contributed by atoms with Crippen LogP contribution in [0.25, 0.3) is 0 Å². The van der Waals surface area contributed by atoms with Crippen LogP contribution in [0.4, 0.5) is 0 Å². The van der Waals surface area contributed by atoms with Crippen molar-refractivity contribution in [2.24, 2.45) is 11.8 Å². The van der Waals surface area contributed by atoms with Crippen molar-refractivity contribution in [3.8, 4) is 0 Å². The zero-order valence-corrected chi connectivity index (χ0v) is 14.8. The fourth-order valence-corrected chi connectivity index (χ4v) is 4.06. The molecule has 1 N–H and O–H groups in total. The average Bonchev–Trinajstić information content (AvgIpc) is 2.45. The maximum atomic E-state index is 3.82. The molecule has 0 aromatic heterocycles. The average molecular weight is 287 g/mol. The lowest BCUT2D eigenvalue weighted by atomic mass is 9.75. The van der Waals surface area contributed by atoms with E-state index in [0.717, 1.165) is 18.4 Å². The molecule has 0 amide bonds. The molecule has 1 atom stereocenters. The minimum atomic E-state index is 0.543. The smallest absolute Gasteiger partial charge is 0.0354 e. The molecule has 0 heterocycles. The summed E-state index contributed by atoms with van der Waals surface area (Å²) in [5.74, 6) is 1.73. The van der Waals surface area contributed by atoms with Crippen LogP contribution >= 0.6 is 0 Å². The summed E-state index contributed by atoms with van der Waals surface area (Å²) in [6.45, 7) is 14.9. The summed E-state index contributed by atoms with van der Waals surface area (Å²) in [6.07, 6.45) is 5.56. The molecule has 0 saturated heterocycles. The number of nitrogens with one attached hydrogen (secondary N) is 1. The van der Waals surface area contributed by atoms with Gasteiger partial charge in [-0.25, -0.2) is 0 Å². The van der Waals surface area contributed by atoms with Crippen molar-refractivity contribution in [2.45, 2.75) is 73.3 Å². The Morgan fingerprint density at radius 3 is 2.00 bits per heavy atom. The number of aryl methyl sites for hydroxylation is 2. The summed E-state index contributed by atoms with van der Waals surface area (Å²) < 4.78 is 0. The Kier molecular flexibility index (Phi) is 5.48. The fourth-order valence-electron chi connectivity index (χ4n) is 4.06. The van der Waals surface area contributed by atoms with Gasteiger partial charge in [0.25, 0.3) is 0 Å². The van der Waals surface area contributed by atoms with Crippen LogP contribution in [0.5, 0.6) is 0 Å². The molecular formula is C20H33N. The first-order valence-corrected chi connectivity index (χ1v) is 8.76. The van der Waals surface area contributed by atoms with E-state index in [1.807, 2.05) is 0 Å². The molecule has 1 heteroatoms. The normalized spacial score (nSPS) is 24.1. The first-order valence-electron chi connectivity index (χ1n) is 8.76. The van der Waals surface area contributed by atoms with Crippen LogP contribution in [0.1, 0.15) is 73.4 Å². The molecule has 1 fully saturated rings. The maximum absolute atomic E-state index is 3.82. The van der Waals surface area contributed by atoms with Crippen molar-refractivity contribution >= 4 is 0 Å². The molecule has 1 aromatic rings. The number of benzene rings is 1. The molecule has 118 valence electrons. The first-order chi connectivity index (χ1) is 9.95. The van der Waals surface area contributed by atoms with Gasteiger partial charge in [-0.15, -0.1) is 0 Å². The van der Waals surface area contributed by atoms with E-state index in [4.69, 9.17) is 0 Å². The van der Waals surface area contributed by atoms with Crippen LogP contribution in [-0.2, 0) is 0 Å². The van der Waals surface area contributed by atoms with Gasteiger partial charge in [-0.1, -0.05) is 32.8 Å². The monoisotopic (exact) mass is 287 g/mol. The molecular weight excluding hydrogens is 254 g/mol. The van der Waals surface area contributed by atoms with Gasteiger partial charge in [0, 0.05) is 6.04 Å². The van der Waals surface area contributed by atoms with Gasteiger partial charge in [0.15, 0.2) is 0 Å². The second kappa shape index (κ2) is 6.96. The molecule has 1 saturated carbocycles. The minimum absolute atomic E-state index is 0.543. The Morgan fingerprint density at radius 1 is 1.00 bits per heavy atom. The van der Waals surface area contributed by atoms with E-state index in [0.29, 0.717) is 6.04 Å². The highest BCUT2D eigenvalue weighted by molar-refractivity contribution is 5.46. The van der Waals surface area contributed by atoms with Crippen molar-refractivity contribution < 1.29 is 0 Å². The summed E-state index contributed by atoms with van der Waals surface area (Å²) in [6, 6.07) is 2.89. The summed E-state index contributed by atoms with van der Waals surface area (Å²) in [5.41, 5.74) is 7.49. The lowest BCUT2D eigenvalue weighted by Crippen LogP contribution is -2.32. The quantitative estimate of drug-likeness (QED) is 0.782. The van der Waals surface area contributed by atoms with Crippen LogP contribution in [-0.4, -0.2) is 6.54 Å². The maximum Gasteiger partial charge on any atom is 0.0354 e. The second-order valence-corrected chi connectivity index (χ2v) is 7.23. The highest BCUT2D eigenvalue weighted by Crippen LogP contribution is 2.39. The summed E-state index contributed by atoms with van der Waals surface area (Å²) in [7, 11) is 0. The van der Waals surface area contributed by atoms with Gasteiger partial charge >= 0.3 is 0 Å². The van der Waals surface area contributed by atoms with Crippen LogP contribution in [0.15, 0.2) is 6.07 Å². The zero-order chi connectivity index (χ0) is 15.6. The zero-order valence-electron chi connectivity index (χ0n) is 14.8. The SMILES string of the molecule is CCNC(c1c(C)c(C)cc(C)c1C)C1CCC(C)CC1. The highest BCUT2D eigenvalue weighted by atomic mass is 14.9. The molecule has 21 heavy (non-hydrogen) atoms. The van der Waals surface area contributed by atoms with Crippen molar-refractivity contribution in [3.05, 3.63) is 33.9 Å². The molecule has 2 rings (SSSR count). The molecule has 1 aliphatic rings. The standard InChI is InChI=1S/C20H33N/c1-7-21-20(18-10-8-13(2)9-11-18)19-16(5)14(3)12-15(4)17(19)6/h12-13,18,20-21H,7-11H2,1-6H3. The molecule has 1 unspecified atom stereocenters. The van der Waals surface area contributed by atoms with Gasteiger partial charge in [-0.2, -0.15) is 0 Å². The van der Waals surface area contributed by atoms with Gasteiger partial charge in [0.1, 0.15) is 0 Å². The van der Waals surface area contributed by atoms with Crippen molar-refractivity contribution in [1.29, 1.82) is 0 Å². The highest BCUT2D eigenvalue weighted by Gasteiger charge is 2.29. The van der Waals surface area contributed by atoms with Gasteiger partial charge in [0.05, 0.1) is 0 Å². The third-order valence-electron chi connectivity index (χ3n) is 5.69. The molecule has 1 aliphatic carbocycles. The predicted octanol–water partition coefficient (Wildman–Crippen LogP) is 5.40. The molecule has 0 aliphatic heterocycles. The molecule has 1 nitrogen and oxygen atoms in total. The van der Waals surface area contributed by atoms with Gasteiger partial charge in [-0.3, -0.25) is 0 Å². The van der Waals surface area contributed by atoms with Crippen LogP contribution in [0, 0.1) is 39.5 Å². The van der Waals surface area contributed by atoms with Crippen LogP contribution < -0.4 is 5.32 Å². The van der Waals surface area contributed by atoms with E-state index in [-0.39, 0.29) is 0 Å². The summed E-state index contributed by atoms with van der Waals surface area (Å²) in [4.78, 5) is 0. The van der Waals surface area contributed by atoms with E-state index < -0.39 is 0 Å². The predicted molar refractivity (Wildman–Crippen MR) is 92.9 cm³/mol. The van der Waals surface area contributed by atoms with Gasteiger partial charge in [-0.05, 0) is 86.7 Å². The van der Waals surface area contributed by atoms with Crippen LogP contribution in [0.3, 0.4) is 0 Å². The van der Waals surface area contributed by atoms with Gasteiger partial charge < -0.3 is 5.32 Å². The van der Waals surface area contributed by atoms with Crippen LogP contribution in [0.2, 0.25) is 0 Å². The van der Waals surface area contributed by atoms with Gasteiger partial charge in [0.2, 0.25) is 0 Å². The molecule has 1 aromatic carbocycles. The van der Waals surface area contributed by atoms with Crippen molar-refractivity contribution in [2.75, 3.05) is 6.54 Å². The number of hydrogen-bond acceptors (Lipinski definition) is 1. The lowest BCUT2D eigenvalue weighted by molar-refractivity contribution is 0.232. The fraction of sp³-hybridized carbons (Fsp3) is 0.700. The first kappa shape index (κ1) is 16.5. The lowest BCUT2D eigenvalue weighted by Gasteiger charge is -2.35. The Balaban J connectivity index is 2.38. The van der Waals surface area contributed by atoms with E-state index in [1.54, 1.807) is 5.56 Å². The minimum Gasteiger partial charge on any atom is -0.310 e. The Hall–Kier alpha value is -0.820. The van der Waals surface area contributed by atoms with Crippen molar-refractivity contribution in [3.63, 3.8) is 0 Å². The van der Waals surface area contributed by atoms with E-state index >= 15 is 0 Å². The second-order valence-electron chi connectivity index (χ2n) is 7.23. The molecule has 0 radical (unpaired) electrons. The summed E-state index contributed by atoms with van der Waals surface area (Å²) >= 11 is 0. The number of hydrogen-bond donors (Lipinski definition) is 1. The van der Waals surface area contributed by atoms with E-state index in [1.165, 1.54) is 47.9 Å². The van der Waals surface area contributed by atoms with E-state index in [9.17, 15) is 0 Å². The Bertz CT molecular complexity index is 455. The Morgan fingerprint density at radius 2 is 1.52 bits per heavy atom. The summed E-state index contributed by atoms with van der Waals surface area (Å²) in [5, 5.41) is 3.82. The third-order valence-corrected chi connectivity index (χ3v) is 5.69. The largest absolute Gasteiger partial charge is 0.310 e. The Labute approximate surface area is 131 Å². The van der Waals surface area contributed by atoms with E-state index in [2.05, 4.69) is 52.9 Å². The molecule has 0 spiro atoms. The number of rotatable bonds is 4. The third kappa shape index (κ3) is 3.51.